The van der Waals surface area contributed by atoms with Crippen LogP contribution in [-0.2, 0) is 9.59 Å². The van der Waals surface area contributed by atoms with Crippen LogP contribution in [0.1, 0.15) is 12.0 Å². The number of ketones is 1. The molecule has 0 aliphatic heterocycles. The van der Waals surface area contributed by atoms with Crippen molar-refractivity contribution < 1.29 is 19.4 Å². The van der Waals surface area contributed by atoms with Gasteiger partial charge in [-0.2, -0.15) is 0 Å². The fraction of sp³-hybridized carbons (Fsp3) is 0.0588. The van der Waals surface area contributed by atoms with E-state index < -0.39 is 18.2 Å². The van der Waals surface area contributed by atoms with E-state index in [0.717, 1.165) is 5.56 Å². The Hall–Kier alpha value is -2.59. The average Bonchev–Trinajstić information content (AvgIpc) is 2.47. The Morgan fingerprint density at radius 1 is 1.09 bits per heavy atom. The van der Waals surface area contributed by atoms with Crippen molar-refractivity contribution >= 4 is 29.4 Å². The van der Waals surface area contributed by atoms with E-state index in [0.29, 0.717) is 16.5 Å². The van der Waals surface area contributed by atoms with Crippen LogP contribution >= 0.6 is 11.6 Å². The molecule has 22 heavy (non-hydrogen) atoms. The Labute approximate surface area is 132 Å². The second kappa shape index (κ2) is 7.43. The number of carboxylic acids is 1. The number of carboxylic acid groups (broad SMARTS) is 1. The molecule has 0 amide bonds. The molecule has 5 heteroatoms. The van der Waals surface area contributed by atoms with E-state index in [-0.39, 0.29) is 0 Å². The van der Waals surface area contributed by atoms with Crippen LogP contribution in [0.3, 0.4) is 0 Å². The Morgan fingerprint density at radius 2 is 1.82 bits per heavy atom. The molecule has 2 aromatic rings. The summed E-state index contributed by atoms with van der Waals surface area (Å²) in [5, 5.41) is 9.15. The summed E-state index contributed by atoms with van der Waals surface area (Å²) in [4.78, 5) is 21.7. The number of allylic oxidation sites excluding steroid dienone is 1. The molecule has 0 aliphatic rings. The van der Waals surface area contributed by atoms with Gasteiger partial charge in [0.15, 0.2) is 5.78 Å². The van der Waals surface area contributed by atoms with Crippen LogP contribution in [0.15, 0.2) is 54.6 Å². The standard InChI is InChI=1S/C17H13ClO4/c18-13-5-8-15(9-6-13)22-16-3-1-2-12(10-16)4-7-14(19)11-17(20)21/h1-10H,11H2,(H,20,21). The molecule has 1 N–H and O–H groups in total. The van der Waals surface area contributed by atoms with E-state index in [2.05, 4.69) is 0 Å². The molecular formula is C17H13ClO4. The summed E-state index contributed by atoms with van der Waals surface area (Å²) >= 11 is 5.81. The van der Waals surface area contributed by atoms with Crippen molar-refractivity contribution in [2.75, 3.05) is 0 Å². The van der Waals surface area contributed by atoms with Gasteiger partial charge in [0.25, 0.3) is 0 Å². The van der Waals surface area contributed by atoms with Crippen LogP contribution in [0.2, 0.25) is 5.02 Å². The number of carbonyl (C=O) groups excluding carboxylic acids is 1. The Bertz CT molecular complexity index is 705. The van der Waals surface area contributed by atoms with Gasteiger partial charge in [-0.05, 0) is 48.0 Å². The predicted molar refractivity (Wildman–Crippen MR) is 84.3 cm³/mol. The van der Waals surface area contributed by atoms with Gasteiger partial charge < -0.3 is 9.84 Å². The lowest BCUT2D eigenvalue weighted by Gasteiger charge is -2.06. The zero-order chi connectivity index (χ0) is 15.9. The first-order valence-corrected chi connectivity index (χ1v) is 6.87. The minimum Gasteiger partial charge on any atom is -0.481 e. The molecule has 0 saturated heterocycles. The van der Waals surface area contributed by atoms with Gasteiger partial charge in [0.1, 0.15) is 17.9 Å². The number of ether oxygens (including phenoxy) is 1. The van der Waals surface area contributed by atoms with Gasteiger partial charge in [0, 0.05) is 5.02 Å². The van der Waals surface area contributed by atoms with Gasteiger partial charge in [0.05, 0.1) is 0 Å². The lowest BCUT2D eigenvalue weighted by atomic mass is 10.1. The molecule has 0 saturated carbocycles. The molecule has 2 rings (SSSR count). The quantitative estimate of drug-likeness (QED) is 0.641. The topological polar surface area (TPSA) is 63.6 Å². The van der Waals surface area contributed by atoms with Crippen LogP contribution in [0.5, 0.6) is 11.5 Å². The molecule has 0 radical (unpaired) electrons. The predicted octanol–water partition coefficient (Wildman–Crippen LogP) is 4.19. The number of rotatable bonds is 6. The summed E-state index contributed by atoms with van der Waals surface area (Å²) in [6, 6.07) is 14.1. The van der Waals surface area contributed by atoms with Gasteiger partial charge in [0.2, 0.25) is 0 Å². The number of halogens is 1. The van der Waals surface area contributed by atoms with Crippen molar-refractivity contribution in [2.45, 2.75) is 6.42 Å². The Balaban J connectivity index is 2.06. The smallest absolute Gasteiger partial charge is 0.311 e. The fourth-order valence-electron chi connectivity index (χ4n) is 1.72. The largest absolute Gasteiger partial charge is 0.481 e. The second-order valence-corrected chi connectivity index (χ2v) is 4.94. The molecule has 4 nitrogen and oxygen atoms in total. The summed E-state index contributed by atoms with van der Waals surface area (Å²) < 4.78 is 5.67. The molecule has 0 atom stereocenters. The fourth-order valence-corrected chi connectivity index (χ4v) is 1.84. The molecule has 0 bridgehead atoms. The van der Waals surface area contributed by atoms with Gasteiger partial charge in [-0.3, -0.25) is 9.59 Å². The molecule has 0 fully saturated rings. The maximum absolute atomic E-state index is 11.3. The number of benzene rings is 2. The molecular weight excluding hydrogens is 304 g/mol. The van der Waals surface area contributed by atoms with Crippen LogP contribution in [0.4, 0.5) is 0 Å². The third-order valence-electron chi connectivity index (χ3n) is 2.69. The van der Waals surface area contributed by atoms with Crippen molar-refractivity contribution in [1.29, 1.82) is 0 Å². The zero-order valence-corrected chi connectivity index (χ0v) is 12.3. The summed E-state index contributed by atoms with van der Waals surface area (Å²) in [6.45, 7) is 0. The summed E-state index contributed by atoms with van der Waals surface area (Å²) in [5.74, 6) is -0.353. The number of hydrogen-bond donors (Lipinski definition) is 1. The van der Waals surface area contributed by atoms with Gasteiger partial charge >= 0.3 is 5.97 Å². The summed E-state index contributed by atoms with van der Waals surface area (Å²) in [7, 11) is 0. The monoisotopic (exact) mass is 316 g/mol. The molecule has 0 heterocycles. The van der Waals surface area contributed by atoms with Crippen LogP contribution in [0, 0.1) is 0 Å². The SMILES string of the molecule is O=C(O)CC(=O)C=Cc1cccc(Oc2ccc(Cl)cc2)c1. The highest BCUT2D eigenvalue weighted by Crippen LogP contribution is 2.24. The number of aliphatic carboxylic acids is 1. The average molecular weight is 317 g/mol. The van der Waals surface area contributed by atoms with Gasteiger partial charge in [-0.25, -0.2) is 0 Å². The highest BCUT2D eigenvalue weighted by Gasteiger charge is 2.03. The molecule has 0 aromatic heterocycles. The van der Waals surface area contributed by atoms with Crippen molar-refractivity contribution in [3.8, 4) is 11.5 Å². The van der Waals surface area contributed by atoms with Crippen LogP contribution < -0.4 is 4.74 Å². The highest BCUT2D eigenvalue weighted by atomic mass is 35.5. The van der Waals surface area contributed by atoms with E-state index in [1.807, 2.05) is 0 Å². The minimum absolute atomic E-state index is 0.462. The van der Waals surface area contributed by atoms with E-state index in [9.17, 15) is 9.59 Å². The molecule has 2 aromatic carbocycles. The number of carbonyl (C=O) groups is 2. The second-order valence-electron chi connectivity index (χ2n) is 4.50. The molecule has 0 unspecified atom stereocenters. The lowest BCUT2D eigenvalue weighted by Crippen LogP contribution is -2.02. The van der Waals surface area contributed by atoms with Crippen molar-refractivity contribution in [2.24, 2.45) is 0 Å². The third-order valence-corrected chi connectivity index (χ3v) is 2.95. The molecule has 112 valence electrons. The maximum Gasteiger partial charge on any atom is 0.311 e. The molecule has 0 aliphatic carbocycles. The van der Waals surface area contributed by atoms with Gasteiger partial charge in [-0.15, -0.1) is 0 Å². The Morgan fingerprint density at radius 3 is 2.50 bits per heavy atom. The van der Waals surface area contributed by atoms with Crippen LogP contribution in [-0.4, -0.2) is 16.9 Å². The van der Waals surface area contributed by atoms with Crippen LogP contribution in [0.25, 0.3) is 6.08 Å². The van der Waals surface area contributed by atoms with Crippen molar-refractivity contribution in [1.82, 2.24) is 0 Å². The third kappa shape index (κ3) is 5.07. The summed E-state index contributed by atoms with van der Waals surface area (Å²) in [6.07, 6.45) is 2.28. The first-order chi connectivity index (χ1) is 10.5. The summed E-state index contributed by atoms with van der Waals surface area (Å²) in [5.41, 5.74) is 0.741. The first kappa shape index (κ1) is 15.8. The minimum atomic E-state index is -1.14. The highest BCUT2D eigenvalue weighted by molar-refractivity contribution is 6.30. The van der Waals surface area contributed by atoms with E-state index in [1.165, 1.54) is 6.08 Å². The van der Waals surface area contributed by atoms with E-state index in [4.69, 9.17) is 21.4 Å². The van der Waals surface area contributed by atoms with E-state index >= 15 is 0 Å². The Kier molecular flexibility index (Phi) is 5.33. The first-order valence-electron chi connectivity index (χ1n) is 6.49. The van der Waals surface area contributed by atoms with Crippen molar-refractivity contribution in [3.63, 3.8) is 0 Å². The zero-order valence-electron chi connectivity index (χ0n) is 11.5. The van der Waals surface area contributed by atoms with Crippen molar-refractivity contribution in [3.05, 3.63) is 65.2 Å². The maximum atomic E-state index is 11.3. The number of hydrogen-bond acceptors (Lipinski definition) is 3. The normalized spacial score (nSPS) is 10.6. The lowest BCUT2D eigenvalue weighted by molar-refractivity contribution is -0.139. The van der Waals surface area contributed by atoms with Gasteiger partial charge in [-0.1, -0.05) is 29.8 Å². The van der Waals surface area contributed by atoms with E-state index in [1.54, 1.807) is 54.6 Å². The molecule has 0 spiro atoms.